The molecule has 1 aromatic carbocycles. The van der Waals surface area contributed by atoms with E-state index in [1.54, 1.807) is 24.4 Å². The first kappa shape index (κ1) is 14.7. The average Bonchev–Trinajstić information content (AvgIpc) is 2.74. The maximum atomic E-state index is 11.9. The van der Waals surface area contributed by atoms with Crippen molar-refractivity contribution in [2.45, 2.75) is 19.5 Å². The zero-order chi connectivity index (χ0) is 14.7. The number of benzene rings is 1. The molecule has 0 saturated carbocycles. The quantitative estimate of drug-likeness (QED) is 0.911. The van der Waals surface area contributed by atoms with Crippen LogP contribution in [0.2, 0.25) is 10.0 Å². The SMILES string of the molecule is CC(NC(=O)Cn1cc(N)cn1)c1ccc(Cl)cc1Cl. The number of carbonyl (C=O) groups excluding carboxylic acids is 1. The van der Waals surface area contributed by atoms with Crippen molar-refractivity contribution in [1.82, 2.24) is 15.1 Å². The Labute approximate surface area is 126 Å². The topological polar surface area (TPSA) is 72.9 Å². The summed E-state index contributed by atoms with van der Waals surface area (Å²) in [6.45, 7) is 1.96. The molecule has 1 heterocycles. The Balaban J connectivity index is 2.00. The predicted molar refractivity (Wildman–Crippen MR) is 79.7 cm³/mol. The molecule has 1 unspecified atom stereocenters. The third-order valence-corrected chi connectivity index (χ3v) is 3.33. The molecule has 0 spiro atoms. The molecule has 3 N–H and O–H groups in total. The van der Waals surface area contributed by atoms with Gasteiger partial charge in [-0.25, -0.2) is 0 Å². The molecule has 0 fully saturated rings. The highest BCUT2D eigenvalue weighted by molar-refractivity contribution is 6.35. The van der Waals surface area contributed by atoms with Crippen LogP contribution >= 0.6 is 23.2 Å². The lowest BCUT2D eigenvalue weighted by Gasteiger charge is -2.16. The number of nitrogens with one attached hydrogen (secondary N) is 1. The summed E-state index contributed by atoms with van der Waals surface area (Å²) in [7, 11) is 0. The average molecular weight is 313 g/mol. The number of aromatic nitrogens is 2. The van der Waals surface area contributed by atoms with E-state index in [-0.39, 0.29) is 18.5 Å². The van der Waals surface area contributed by atoms with Crippen molar-refractivity contribution >= 4 is 34.8 Å². The van der Waals surface area contributed by atoms with Crippen LogP contribution < -0.4 is 11.1 Å². The minimum atomic E-state index is -0.222. The third kappa shape index (κ3) is 3.65. The van der Waals surface area contributed by atoms with Crippen molar-refractivity contribution in [2.75, 3.05) is 5.73 Å². The molecule has 1 amide bonds. The number of nitrogen functional groups attached to an aromatic ring is 1. The van der Waals surface area contributed by atoms with Gasteiger partial charge in [-0.2, -0.15) is 5.10 Å². The second-order valence-electron chi connectivity index (χ2n) is 4.43. The number of halogens is 2. The lowest BCUT2D eigenvalue weighted by Crippen LogP contribution is -2.30. The van der Waals surface area contributed by atoms with Crippen molar-refractivity contribution in [1.29, 1.82) is 0 Å². The van der Waals surface area contributed by atoms with Crippen molar-refractivity contribution in [3.05, 3.63) is 46.2 Å². The maximum Gasteiger partial charge on any atom is 0.242 e. The Bertz CT molecular complexity index is 627. The minimum absolute atomic E-state index is 0.104. The molecule has 0 saturated heterocycles. The predicted octanol–water partition coefficient (Wildman–Crippen LogP) is 2.65. The van der Waals surface area contributed by atoms with Gasteiger partial charge in [-0.3, -0.25) is 9.48 Å². The zero-order valence-corrected chi connectivity index (χ0v) is 12.3. The summed E-state index contributed by atoms with van der Waals surface area (Å²) in [5, 5.41) is 7.88. The van der Waals surface area contributed by atoms with E-state index in [0.717, 1.165) is 5.56 Å². The molecule has 2 rings (SSSR count). The molecular weight excluding hydrogens is 299 g/mol. The number of nitrogens with zero attached hydrogens (tertiary/aromatic N) is 2. The summed E-state index contributed by atoms with van der Waals surface area (Å²) < 4.78 is 1.47. The largest absolute Gasteiger partial charge is 0.396 e. The Morgan fingerprint density at radius 2 is 2.25 bits per heavy atom. The number of anilines is 1. The Morgan fingerprint density at radius 3 is 2.85 bits per heavy atom. The van der Waals surface area contributed by atoms with E-state index in [9.17, 15) is 4.79 Å². The number of amides is 1. The second kappa shape index (κ2) is 6.15. The fourth-order valence-corrected chi connectivity index (χ4v) is 2.40. The molecule has 0 aliphatic carbocycles. The first-order valence-electron chi connectivity index (χ1n) is 5.98. The Kier molecular flexibility index (Phi) is 4.52. The molecule has 0 radical (unpaired) electrons. The van der Waals surface area contributed by atoms with Gasteiger partial charge >= 0.3 is 0 Å². The highest BCUT2D eigenvalue weighted by Crippen LogP contribution is 2.25. The lowest BCUT2D eigenvalue weighted by molar-refractivity contribution is -0.122. The monoisotopic (exact) mass is 312 g/mol. The van der Waals surface area contributed by atoms with Crippen LogP contribution in [0.1, 0.15) is 18.5 Å². The van der Waals surface area contributed by atoms with Gasteiger partial charge in [0.1, 0.15) is 6.54 Å². The smallest absolute Gasteiger partial charge is 0.242 e. The number of carbonyl (C=O) groups is 1. The zero-order valence-electron chi connectivity index (χ0n) is 10.8. The van der Waals surface area contributed by atoms with Crippen LogP contribution in [0.4, 0.5) is 5.69 Å². The molecule has 2 aromatic rings. The molecule has 0 aliphatic rings. The van der Waals surface area contributed by atoms with Crippen LogP contribution in [0, 0.1) is 0 Å². The van der Waals surface area contributed by atoms with Crippen molar-refractivity contribution in [3.8, 4) is 0 Å². The normalized spacial score (nSPS) is 12.2. The van der Waals surface area contributed by atoms with Gasteiger partial charge in [0.05, 0.1) is 17.9 Å². The van der Waals surface area contributed by atoms with Gasteiger partial charge in [0, 0.05) is 16.2 Å². The van der Waals surface area contributed by atoms with Gasteiger partial charge < -0.3 is 11.1 Å². The van der Waals surface area contributed by atoms with E-state index in [1.165, 1.54) is 10.9 Å². The number of nitrogens with two attached hydrogens (primary N) is 1. The molecule has 0 bridgehead atoms. The number of hydrogen-bond acceptors (Lipinski definition) is 3. The van der Waals surface area contributed by atoms with Crippen LogP contribution in [0.3, 0.4) is 0 Å². The van der Waals surface area contributed by atoms with Crippen LogP contribution in [-0.4, -0.2) is 15.7 Å². The van der Waals surface area contributed by atoms with Gasteiger partial charge in [-0.1, -0.05) is 29.3 Å². The van der Waals surface area contributed by atoms with Gasteiger partial charge in [0.25, 0.3) is 0 Å². The Hall–Kier alpha value is -1.72. The van der Waals surface area contributed by atoms with Crippen molar-refractivity contribution < 1.29 is 4.79 Å². The second-order valence-corrected chi connectivity index (χ2v) is 5.27. The van der Waals surface area contributed by atoms with E-state index in [0.29, 0.717) is 15.7 Å². The first-order chi connectivity index (χ1) is 9.45. The van der Waals surface area contributed by atoms with Gasteiger partial charge in [0.2, 0.25) is 5.91 Å². The van der Waals surface area contributed by atoms with Gasteiger partial charge in [-0.05, 0) is 24.6 Å². The maximum absolute atomic E-state index is 11.9. The molecule has 1 aromatic heterocycles. The summed E-state index contributed by atoms with van der Waals surface area (Å²) in [4.78, 5) is 11.9. The molecule has 20 heavy (non-hydrogen) atoms. The van der Waals surface area contributed by atoms with Crippen LogP contribution in [0.25, 0.3) is 0 Å². The van der Waals surface area contributed by atoms with Crippen LogP contribution in [-0.2, 0) is 11.3 Å². The fourth-order valence-electron chi connectivity index (χ4n) is 1.83. The summed E-state index contributed by atoms with van der Waals surface area (Å²) >= 11 is 11.9. The van der Waals surface area contributed by atoms with Crippen LogP contribution in [0.15, 0.2) is 30.6 Å². The molecule has 1 atom stereocenters. The minimum Gasteiger partial charge on any atom is -0.396 e. The summed E-state index contributed by atoms with van der Waals surface area (Å²) in [5.74, 6) is -0.174. The van der Waals surface area contributed by atoms with Crippen LogP contribution in [0.5, 0.6) is 0 Å². The summed E-state index contributed by atoms with van der Waals surface area (Å²) in [5.41, 5.74) is 6.87. The van der Waals surface area contributed by atoms with E-state index in [2.05, 4.69) is 10.4 Å². The summed E-state index contributed by atoms with van der Waals surface area (Å²) in [6.07, 6.45) is 3.09. The summed E-state index contributed by atoms with van der Waals surface area (Å²) in [6, 6.07) is 4.95. The fraction of sp³-hybridized carbons (Fsp3) is 0.231. The molecule has 5 nitrogen and oxygen atoms in total. The number of rotatable bonds is 4. The van der Waals surface area contributed by atoms with E-state index < -0.39 is 0 Å². The van der Waals surface area contributed by atoms with Crippen molar-refractivity contribution in [2.24, 2.45) is 0 Å². The molecular formula is C13H14Cl2N4O. The molecule has 106 valence electrons. The lowest BCUT2D eigenvalue weighted by atomic mass is 10.1. The standard InChI is InChI=1S/C13H14Cl2N4O/c1-8(11-3-2-9(14)4-12(11)15)18-13(20)7-19-6-10(16)5-17-19/h2-6,8H,7,16H2,1H3,(H,18,20). The number of hydrogen-bond donors (Lipinski definition) is 2. The van der Waals surface area contributed by atoms with E-state index in [4.69, 9.17) is 28.9 Å². The Morgan fingerprint density at radius 1 is 1.50 bits per heavy atom. The highest BCUT2D eigenvalue weighted by Gasteiger charge is 2.13. The molecule has 7 heteroatoms. The third-order valence-electron chi connectivity index (χ3n) is 2.77. The van der Waals surface area contributed by atoms with Gasteiger partial charge in [-0.15, -0.1) is 0 Å². The first-order valence-corrected chi connectivity index (χ1v) is 6.73. The molecule has 0 aliphatic heterocycles. The highest BCUT2D eigenvalue weighted by atomic mass is 35.5. The van der Waals surface area contributed by atoms with E-state index in [1.807, 2.05) is 6.92 Å². The van der Waals surface area contributed by atoms with Crippen molar-refractivity contribution in [3.63, 3.8) is 0 Å². The van der Waals surface area contributed by atoms with Gasteiger partial charge in [0.15, 0.2) is 0 Å². The van der Waals surface area contributed by atoms with E-state index >= 15 is 0 Å².